The monoisotopic (exact) mass is 296 g/mol. The summed E-state index contributed by atoms with van der Waals surface area (Å²) < 4.78 is 3.95. The Kier molecular flexibility index (Phi) is 3.38. The molecule has 4 heterocycles. The Morgan fingerprint density at radius 2 is 1.86 bits per heavy atom. The molecule has 114 valence electrons. The van der Waals surface area contributed by atoms with Crippen LogP contribution in [0.15, 0.2) is 36.8 Å². The summed E-state index contributed by atoms with van der Waals surface area (Å²) >= 11 is 0. The van der Waals surface area contributed by atoms with Gasteiger partial charge in [0.25, 0.3) is 0 Å². The van der Waals surface area contributed by atoms with Crippen molar-refractivity contribution >= 4 is 5.65 Å². The van der Waals surface area contributed by atoms with Crippen molar-refractivity contribution in [3.05, 3.63) is 48.2 Å². The molecular weight excluding hydrogens is 276 g/mol. The molecule has 3 aromatic heterocycles. The maximum Gasteiger partial charge on any atom is 0.155 e. The van der Waals surface area contributed by atoms with Crippen molar-refractivity contribution in [3.63, 3.8) is 0 Å². The van der Waals surface area contributed by atoms with Crippen molar-refractivity contribution < 1.29 is 0 Å². The number of fused-ring (bicyclic) bond motifs is 1. The maximum absolute atomic E-state index is 4.41. The lowest BCUT2D eigenvalue weighted by atomic mass is 9.93. The van der Waals surface area contributed by atoms with Gasteiger partial charge in [-0.3, -0.25) is 9.58 Å². The molecule has 6 heteroatoms. The summed E-state index contributed by atoms with van der Waals surface area (Å²) in [7, 11) is 2.01. The number of hydrogen-bond donors (Lipinski definition) is 0. The summed E-state index contributed by atoms with van der Waals surface area (Å²) in [4.78, 5) is 6.86. The molecule has 0 N–H and O–H groups in total. The smallest absolute Gasteiger partial charge is 0.155 e. The lowest BCUT2D eigenvalue weighted by Crippen LogP contribution is -2.33. The second-order valence-corrected chi connectivity index (χ2v) is 5.97. The standard InChI is InChI=1S/C16H20N6/c1-20-14(2-8-18-20)12-21-10-5-13(6-11-21)15-3-7-17-16-4-9-19-22(15)16/h2-4,7-9,13H,5-6,10-12H2,1H3. The minimum Gasteiger partial charge on any atom is -0.297 e. The predicted molar refractivity (Wildman–Crippen MR) is 83.4 cm³/mol. The Labute approximate surface area is 129 Å². The lowest BCUT2D eigenvalue weighted by Gasteiger charge is -2.32. The van der Waals surface area contributed by atoms with Gasteiger partial charge in [0.15, 0.2) is 5.65 Å². The fraction of sp³-hybridized carbons (Fsp3) is 0.438. The molecule has 4 rings (SSSR count). The van der Waals surface area contributed by atoms with Crippen LogP contribution in [0.4, 0.5) is 0 Å². The van der Waals surface area contributed by atoms with Crippen LogP contribution in [0, 0.1) is 0 Å². The van der Waals surface area contributed by atoms with Gasteiger partial charge in [0.1, 0.15) is 0 Å². The van der Waals surface area contributed by atoms with Crippen molar-refractivity contribution in [2.75, 3.05) is 13.1 Å². The minimum absolute atomic E-state index is 0.563. The highest BCUT2D eigenvalue weighted by Crippen LogP contribution is 2.28. The van der Waals surface area contributed by atoms with Crippen LogP contribution in [0.1, 0.15) is 30.1 Å². The first-order valence-corrected chi connectivity index (χ1v) is 7.79. The van der Waals surface area contributed by atoms with Gasteiger partial charge in [-0.15, -0.1) is 0 Å². The zero-order valence-corrected chi connectivity index (χ0v) is 12.8. The summed E-state index contributed by atoms with van der Waals surface area (Å²) in [5.74, 6) is 0.563. The summed E-state index contributed by atoms with van der Waals surface area (Å²) in [6.45, 7) is 3.21. The van der Waals surface area contributed by atoms with Crippen LogP contribution in [0.3, 0.4) is 0 Å². The van der Waals surface area contributed by atoms with Gasteiger partial charge in [0.05, 0.1) is 11.9 Å². The van der Waals surface area contributed by atoms with E-state index in [9.17, 15) is 0 Å². The fourth-order valence-corrected chi connectivity index (χ4v) is 3.34. The highest BCUT2D eigenvalue weighted by Gasteiger charge is 2.23. The first-order chi connectivity index (χ1) is 10.8. The molecule has 0 unspecified atom stereocenters. The van der Waals surface area contributed by atoms with E-state index in [1.165, 1.54) is 11.4 Å². The van der Waals surface area contributed by atoms with Gasteiger partial charge in [0, 0.05) is 43.7 Å². The first-order valence-electron chi connectivity index (χ1n) is 7.79. The molecule has 0 amide bonds. The number of aryl methyl sites for hydroxylation is 1. The first kappa shape index (κ1) is 13.5. The fourth-order valence-electron chi connectivity index (χ4n) is 3.34. The number of hydrogen-bond acceptors (Lipinski definition) is 4. The van der Waals surface area contributed by atoms with Crippen molar-refractivity contribution in [2.24, 2.45) is 7.05 Å². The second kappa shape index (κ2) is 5.53. The molecule has 0 aliphatic carbocycles. The van der Waals surface area contributed by atoms with Crippen molar-refractivity contribution in [2.45, 2.75) is 25.3 Å². The molecule has 1 aliphatic heterocycles. The van der Waals surface area contributed by atoms with E-state index < -0.39 is 0 Å². The largest absolute Gasteiger partial charge is 0.297 e. The van der Waals surface area contributed by atoms with Gasteiger partial charge >= 0.3 is 0 Å². The SMILES string of the molecule is Cn1nccc1CN1CCC(c2ccnc3ccnn23)CC1. The quantitative estimate of drug-likeness (QED) is 0.740. The van der Waals surface area contributed by atoms with Gasteiger partial charge in [-0.1, -0.05) is 0 Å². The van der Waals surface area contributed by atoms with E-state index >= 15 is 0 Å². The zero-order valence-electron chi connectivity index (χ0n) is 12.8. The van der Waals surface area contributed by atoms with Crippen molar-refractivity contribution in [1.29, 1.82) is 0 Å². The van der Waals surface area contributed by atoms with Gasteiger partial charge in [-0.05, 0) is 38.1 Å². The number of piperidine rings is 1. The Balaban J connectivity index is 1.46. The van der Waals surface area contributed by atoms with Crippen LogP contribution in [0.2, 0.25) is 0 Å². The number of aromatic nitrogens is 5. The summed E-state index contributed by atoms with van der Waals surface area (Å²) in [6.07, 6.45) is 7.92. The van der Waals surface area contributed by atoms with E-state index in [4.69, 9.17) is 0 Å². The second-order valence-electron chi connectivity index (χ2n) is 5.97. The average molecular weight is 296 g/mol. The highest BCUT2D eigenvalue weighted by molar-refractivity contribution is 5.37. The van der Waals surface area contributed by atoms with Crippen LogP contribution < -0.4 is 0 Å². The van der Waals surface area contributed by atoms with Crippen LogP contribution in [-0.4, -0.2) is 42.4 Å². The topological polar surface area (TPSA) is 51.2 Å². The van der Waals surface area contributed by atoms with Crippen LogP contribution in [0.25, 0.3) is 5.65 Å². The third-order valence-electron chi connectivity index (χ3n) is 4.63. The molecule has 0 spiro atoms. The van der Waals surface area contributed by atoms with Crippen LogP contribution in [0.5, 0.6) is 0 Å². The predicted octanol–water partition coefficient (Wildman–Crippen LogP) is 1.84. The number of nitrogens with zero attached hydrogens (tertiary/aromatic N) is 6. The van der Waals surface area contributed by atoms with E-state index in [0.717, 1.165) is 38.1 Å². The normalized spacial score (nSPS) is 17.3. The molecule has 3 aromatic rings. The summed E-state index contributed by atoms with van der Waals surface area (Å²) in [6, 6.07) is 6.17. The summed E-state index contributed by atoms with van der Waals surface area (Å²) in [5.41, 5.74) is 3.50. The van der Waals surface area contributed by atoms with Gasteiger partial charge < -0.3 is 0 Å². The molecule has 0 saturated carbocycles. The van der Waals surface area contributed by atoms with Gasteiger partial charge in [-0.25, -0.2) is 9.50 Å². The number of rotatable bonds is 3. The van der Waals surface area contributed by atoms with E-state index in [-0.39, 0.29) is 0 Å². The van der Waals surface area contributed by atoms with Crippen molar-refractivity contribution in [1.82, 2.24) is 29.3 Å². The summed E-state index contributed by atoms with van der Waals surface area (Å²) in [5, 5.41) is 8.66. The lowest BCUT2D eigenvalue weighted by molar-refractivity contribution is 0.198. The molecule has 0 atom stereocenters. The molecule has 0 aromatic carbocycles. The van der Waals surface area contributed by atoms with Crippen LogP contribution in [-0.2, 0) is 13.6 Å². The molecule has 1 aliphatic rings. The molecule has 0 radical (unpaired) electrons. The highest BCUT2D eigenvalue weighted by atomic mass is 15.3. The molecular formula is C16H20N6. The van der Waals surface area contributed by atoms with E-state index in [2.05, 4.69) is 32.2 Å². The molecule has 1 saturated heterocycles. The molecule has 22 heavy (non-hydrogen) atoms. The molecule has 0 bridgehead atoms. The Hall–Kier alpha value is -2.21. The molecule has 6 nitrogen and oxygen atoms in total. The maximum atomic E-state index is 4.41. The number of likely N-dealkylation sites (tertiary alicyclic amines) is 1. The van der Waals surface area contributed by atoms with Gasteiger partial charge in [0.2, 0.25) is 0 Å². The van der Waals surface area contributed by atoms with E-state index in [1.54, 1.807) is 0 Å². The Morgan fingerprint density at radius 1 is 1.05 bits per heavy atom. The molecule has 1 fully saturated rings. The zero-order chi connectivity index (χ0) is 14.9. The van der Waals surface area contributed by atoms with Crippen molar-refractivity contribution in [3.8, 4) is 0 Å². The van der Waals surface area contributed by atoms with E-state index in [1.807, 2.05) is 40.9 Å². The Bertz CT molecular complexity index is 766. The average Bonchev–Trinajstić information content (AvgIpc) is 3.17. The minimum atomic E-state index is 0.563. The van der Waals surface area contributed by atoms with Gasteiger partial charge in [-0.2, -0.15) is 10.2 Å². The van der Waals surface area contributed by atoms with Crippen LogP contribution >= 0.6 is 0 Å². The van der Waals surface area contributed by atoms with E-state index in [0.29, 0.717) is 5.92 Å². The Morgan fingerprint density at radius 3 is 2.64 bits per heavy atom. The third-order valence-corrected chi connectivity index (χ3v) is 4.63. The third kappa shape index (κ3) is 2.39.